The zero-order chi connectivity index (χ0) is 19.1. The minimum atomic E-state index is -0.862. The zero-order valence-electron chi connectivity index (χ0n) is 16.9. The lowest BCUT2D eigenvalue weighted by Crippen LogP contribution is -2.59. The Morgan fingerprint density at radius 1 is 0.880 bits per heavy atom. The van der Waals surface area contributed by atoms with E-state index in [2.05, 4.69) is 6.92 Å². The van der Waals surface area contributed by atoms with Crippen LogP contribution in [-0.4, -0.2) is 41.7 Å². The monoisotopic (exact) mass is 356 g/mol. The van der Waals surface area contributed by atoms with Crippen molar-refractivity contribution in [3.63, 3.8) is 0 Å². The number of unbranched alkanes of at least 4 members (excludes halogenated alkanes) is 12. The van der Waals surface area contributed by atoms with E-state index < -0.39 is 12.0 Å². The molecule has 25 heavy (non-hydrogen) atoms. The number of nitrogens with two attached hydrogens (primary N) is 1. The van der Waals surface area contributed by atoms with Crippen LogP contribution in [0.2, 0.25) is 0 Å². The molecule has 1 atom stereocenters. The number of nitrogens with one attached hydrogen (secondary N) is 1. The number of carboxylic acid groups (broad SMARTS) is 1. The summed E-state index contributed by atoms with van der Waals surface area (Å²) in [7, 11) is 3.40. The standard InChI is InChI=1S/C20H41N3O2/c1-4-5-6-7-8-9-10-11-12-13-14-15-16-17-18(19(24)25)23(2,3)20(21)22/h18H,4-17H2,1-3H3,(H3-,21,22,24,25)/p+1. The van der Waals surface area contributed by atoms with Crippen LogP contribution in [0.3, 0.4) is 0 Å². The number of hydrogen-bond acceptors (Lipinski definition) is 2. The largest absolute Gasteiger partial charge is 0.477 e. The summed E-state index contributed by atoms with van der Waals surface area (Å²) in [4.78, 5) is 11.4. The van der Waals surface area contributed by atoms with E-state index in [0.29, 0.717) is 6.42 Å². The molecule has 0 bridgehead atoms. The molecular formula is C20H42N3O2+. The van der Waals surface area contributed by atoms with Crippen molar-refractivity contribution in [3.8, 4) is 0 Å². The summed E-state index contributed by atoms with van der Waals surface area (Å²) in [6.07, 6.45) is 17.2. The molecule has 0 saturated carbocycles. The molecule has 0 aromatic carbocycles. The number of hydrogen-bond donors (Lipinski definition) is 3. The third-order valence-electron chi connectivity index (χ3n) is 5.27. The minimum Gasteiger partial charge on any atom is -0.477 e. The highest BCUT2D eigenvalue weighted by molar-refractivity contribution is 5.76. The van der Waals surface area contributed by atoms with Crippen LogP contribution in [0.15, 0.2) is 0 Å². The van der Waals surface area contributed by atoms with Gasteiger partial charge in [-0.1, -0.05) is 84.0 Å². The third kappa shape index (κ3) is 11.2. The Morgan fingerprint density at radius 2 is 1.24 bits per heavy atom. The number of aliphatic carboxylic acids is 1. The Kier molecular flexibility index (Phi) is 13.5. The zero-order valence-corrected chi connectivity index (χ0v) is 16.9. The van der Waals surface area contributed by atoms with Crippen molar-refractivity contribution in [2.45, 2.75) is 103 Å². The maximum absolute atomic E-state index is 11.4. The van der Waals surface area contributed by atoms with Crippen LogP contribution in [-0.2, 0) is 4.79 Å². The summed E-state index contributed by atoms with van der Waals surface area (Å²) in [6.45, 7) is 2.26. The van der Waals surface area contributed by atoms with Crippen LogP contribution in [0.1, 0.15) is 96.8 Å². The predicted molar refractivity (Wildman–Crippen MR) is 106 cm³/mol. The lowest BCUT2D eigenvalue weighted by Gasteiger charge is -2.32. The first-order valence-electron chi connectivity index (χ1n) is 10.2. The van der Waals surface area contributed by atoms with Gasteiger partial charge in [-0.05, 0) is 6.42 Å². The Bertz CT molecular complexity index is 370. The molecule has 4 N–H and O–H groups in total. The van der Waals surface area contributed by atoms with Crippen LogP contribution in [0.5, 0.6) is 0 Å². The highest BCUT2D eigenvalue weighted by Gasteiger charge is 2.37. The van der Waals surface area contributed by atoms with Gasteiger partial charge < -0.3 is 10.8 Å². The number of nitrogens with zero attached hydrogens (tertiary/aromatic N) is 1. The van der Waals surface area contributed by atoms with Crippen molar-refractivity contribution >= 4 is 11.9 Å². The highest BCUT2D eigenvalue weighted by atomic mass is 16.4. The molecule has 5 heteroatoms. The SMILES string of the molecule is CCCCCCCCCCCCCCCC(C(=O)O)[N+](C)(C)C(=N)N. The lowest BCUT2D eigenvalue weighted by atomic mass is 10.0. The van der Waals surface area contributed by atoms with Crippen molar-refractivity contribution in [2.75, 3.05) is 14.1 Å². The molecule has 0 fully saturated rings. The number of rotatable bonds is 16. The van der Waals surface area contributed by atoms with Gasteiger partial charge in [0.05, 0.1) is 14.1 Å². The average molecular weight is 357 g/mol. The molecule has 0 aliphatic heterocycles. The summed E-state index contributed by atoms with van der Waals surface area (Å²) in [5, 5.41) is 17.0. The number of carboxylic acids is 1. The summed E-state index contributed by atoms with van der Waals surface area (Å²) < 4.78 is -0.0619. The predicted octanol–water partition coefficient (Wildman–Crippen LogP) is 4.89. The smallest absolute Gasteiger partial charge is 0.363 e. The van der Waals surface area contributed by atoms with Gasteiger partial charge in [0, 0.05) is 6.42 Å². The van der Waals surface area contributed by atoms with Gasteiger partial charge in [0.2, 0.25) is 0 Å². The molecule has 148 valence electrons. The van der Waals surface area contributed by atoms with Gasteiger partial charge in [-0.15, -0.1) is 0 Å². The maximum Gasteiger partial charge on any atom is 0.363 e. The molecule has 0 amide bonds. The first-order valence-corrected chi connectivity index (χ1v) is 10.2. The van der Waals surface area contributed by atoms with Crippen molar-refractivity contribution in [1.29, 1.82) is 5.41 Å². The van der Waals surface area contributed by atoms with E-state index in [4.69, 9.17) is 11.1 Å². The molecule has 0 aliphatic carbocycles. The van der Waals surface area contributed by atoms with E-state index in [-0.39, 0.29) is 10.4 Å². The Morgan fingerprint density at radius 3 is 1.56 bits per heavy atom. The van der Waals surface area contributed by atoms with Crippen molar-refractivity contribution < 1.29 is 14.4 Å². The highest BCUT2D eigenvalue weighted by Crippen LogP contribution is 2.17. The number of guanidine groups is 1. The molecule has 0 spiro atoms. The molecule has 1 unspecified atom stereocenters. The first kappa shape index (κ1) is 23.9. The maximum atomic E-state index is 11.4. The van der Waals surface area contributed by atoms with Gasteiger partial charge in [-0.2, -0.15) is 0 Å². The second-order valence-electron chi connectivity index (χ2n) is 7.81. The quantitative estimate of drug-likeness (QED) is 0.159. The van der Waals surface area contributed by atoms with E-state index >= 15 is 0 Å². The number of quaternary nitrogens is 1. The van der Waals surface area contributed by atoms with E-state index in [9.17, 15) is 9.90 Å². The molecule has 0 saturated heterocycles. The van der Waals surface area contributed by atoms with E-state index in [1.807, 2.05) is 0 Å². The lowest BCUT2D eigenvalue weighted by molar-refractivity contribution is -0.820. The normalized spacial score (nSPS) is 12.9. The molecule has 0 heterocycles. The fourth-order valence-corrected chi connectivity index (χ4v) is 3.25. The van der Waals surface area contributed by atoms with E-state index in [1.165, 1.54) is 70.6 Å². The minimum absolute atomic E-state index is 0.0619. The first-order chi connectivity index (χ1) is 11.8. The molecule has 0 radical (unpaired) electrons. The Balaban J connectivity index is 3.62. The van der Waals surface area contributed by atoms with Crippen molar-refractivity contribution in [1.82, 2.24) is 0 Å². The third-order valence-corrected chi connectivity index (χ3v) is 5.27. The second-order valence-corrected chi connectivity index (χ2v) is 7.81. The average Bonchev–Trinajstić information content (AvgIpc) is 2.54. The van der Waals surface area contributed by atoms with Gasteiger partial charge in [0.15, 0.2) is 6.04 Å². The fraction of sp³-hybridized carbons (Fsp3) is 0.900. The molecule has 0 aliphatic rings. The number of likely N-dealkylation sites (N-methyl/N-ethyl adjacent to an activating group) is 1. The fourth-order valence-electron chi connectivity index (χ4n) is 3.25. The van der Waals surface area contributed by atoms with Gasteiger partial charge in [-0.3, -0.25) is 4.48 Å². The summed E-state index contributed by atoms with van der Waals surface area (Å²) in [6, 6.07) is -0.620. The van der Waals surface area contributed by atoms with E-state index in [1.54, 1.807) is 14.1 Å². The van der Waals surface area contributed by atoms with Crippen LogP contribution in [0.25, 0.3) is 0 Å². The Labute approximate surface area is 155 Å². The van der Waals surface area contributed by atoms with E-state index in [0.717, 1.165) is 12.8 Å². The van der Waals surface area contributed by atoms with Gasteiger partial charge in [-0.25, -0.2) is 10.2 Å². The second kappa shape index (κ2) is 14.1. The topological polar surface area (TPSA) is 87.2 Å². The van der Waals surface area contributed by atoms with Crippen LogP contribution < -0.4 is 5.73 Å². The van der Waals surface area contributed by atoms with Gasteiger partial charge in [0.25, 0.3) is 5.96 Å². The summed E-state index contributed by atoms with van der Waals surface area (Å²) >= 11 is 0. The molecule has 0 aromatic rings. The van der Waals surface area contributed by atoms with Crippen molar-refractivity contribution in [2.24, 2.45) is 5.73 Å². The van der Waals surface area contributed by atoms with Crippen LogP contribution in [0.4, 0.5) is 0 Å². The van der Waals surface area contributed by atoms with Gasteiger partial charge in [0.1, 0.15) is 0 Å². The summed E-state index contributed by atoms with van der Waals surface area (Å²) in [5.74, 6) is -0.957. The summed E-state index contributed by atoms with van der Waals surface area (Å²) in [5.41, 5.74) is 5.54. The molecule has 5 nitrogen and oxygen atoms in total. The molecule has 0 aromatic heterocycles. The van der Waals surface area contributed by atoms with Crippen molar-refractivity contribution in [3.05, 3.63) is 0 Å². The van der Waals surface area contributed by atoms with Crippen LogP contribution in [0, 0.1) is 5.41 Å². The Hall–Kier alpha value is -1.10. The number of carbonyl (C=O) groups is 1. The van der Waals surface area contributed by atoms with Gasteiger partial charge >= 0.3 is 5.97 Å². The van der Waals surface area contributed by atoms with Crippen LogP contribution >= 0.6 is 0 Å². The molecular weight excluding hydrogens is 314 g/mol. The molecule has 0 rings (SSSR count).